The van der Waals surface area contributed by atoms with Crippen LogP contribution in [0, 0.1) is 13.8 Å². The number of furan rings is 1. The quantitative estimate of drug-likeness (QED) is 0.674. The number of nitrogens with one attached hydrogen (secondary N) is 1. The minimum absolute atomic E-state index is 0.0696. The Bertz CT molecular complexity index is 1050. The molecular formula is C18H23N5O6S. The Balaban J connectivity index is 1.42. The van der Waals surface area contributed by atoms with E-state index in [9.17, 15) is 18.0 Å². The molecule has 0 aromatic carbocycles. The van der Waals surface area contributed by atoms with Crippen molar-refractivity contribution in [1.82, 2.24) is 24.6 Å². The van der Waals surface area contributed by atoms with Gasteiger partial charge in [-0.05, 0) is 32.9 Å². The number of carbonyl (C=O) groups is 2. The number of hydrogen-bond acceptors (Lipinski definition) is 8. The zero-order valence-electron chi connectivity index (χ0n) is 16.9. The summed E-state index contributed by atoms with van der Waals surface area (Å²) in [6.07, 6.45) is 1.45. The summed E-state index contributed by atoms with van der Waals surface area (Å²) in [5.74, 6) is 0.207. The van der Waals surface area contributed by atoms with Gasteiger partial charge in [0.15, 0.2) is 11.3 Å². The van der Waals surface area contributed by atoms with Gasteiger partial charge in [0.2, 0.25) is 10.0 Å². The molecule has 2 saturated heterocycles. The smallest absolute Gasteiger partial charge is 0.326 e. The van der Waals surface area contributed by atoms with Crippen LogP contribution in [-0.2, 0) is 20.4 Å². The molecule has 2 aliphatic rings. The van der Waals surface area contributed by atoms with Crippen LogP contribution in [0.5, 0.6) is 0 Å². The van der Waals surface area contributed by atoms with Crippen LogP contribution in [0.4, 0.5) is 4.79 Å². The van der Waals surface area contributed by atoms with Gasteiger partial charge in [-0.2, -0.15) is 4.31 Å². The second kappa shape index (κ2) is 7.22. The Kier molecular flexibility index (Phi) is 4.95. The van der Waals surface area contributed by atoms with Crippen molar-refractivity contribution in [3.63, 3.8) is 0 Å². The van der Waals surface area contributed by atoms with E-state index in [0.29, 0.717) is 24.5 Å². The lowest BCUT2D eigenvalue weighted by Crippen LogP contribution is -2.52. The molecule has 0 bridgehead atoms. The molecule has 0 saturated carbocycles. The van der Waals surface area contributed by atoms with E-state index in [2.05, 4.69) is 10.5 Å². The summed E-state index contributed by atoms with van der Waals surface area (Å²) in [4.78, 5) is 28.4. The fraction of sp³-hybridized carbons (Fsp3) is 0.500. The maximum atomic E-state index is 12.9. The number of amides is 3. The van der Waals surface area contributed by atoms with E-state index in [1.165, 1.54) is 10.6 Å². The lowest BCUT2D eigenvalue weighted by atomic mass is 9.99. The summed E-state index contributed by atoms with van der Waals surface area (Å²) in [6, 6.07) is 2.78. The lowest BCUT2D eigenvalue weighted by Gasteiger charge is -2.35. The van der Waals surface area contributed by atoms with E-state index in [0.717, 1.165) is 4.90 Å². The molecule has 162 valence electrons. The van der Waals surface area contributed by atoms with E-state index in [-0.39, 0.29) is 30.4 Å². The molecule has 12 heteroatoms. The number of hydrogen-bond donors (Lipinski definition) is 1. The molecule has 11 nitrogen and oxygen atoms in total. The molecule has 1 atom stereocenters. The molecular weight excluding hydrogens is 414 g/mol. The van der Waals surface area contributed by atoms with Crippen LogP contribution in [-0.4, -0.2) is 72.5 Å². The number of rotatable bonds is 5. The highest BCUT2D eigenvalue weighted by molar-refractivity contribution is 7.89. The van der Waals surface area contributed by atoms with E-state index in [1.54, 1.807) is 32.9 Å². The molecule has 2 aromatic heterocycles. The number of imide groups is 1. The highest BCUT2D eigenvalue weighted by Gasteiger charge is 2.51. The van der Waals surface area contributed by atoms with Crippen molar-refractivity contribution in [2.45, 2.75) is 31.2 Å². The maximum absolute atomic E-state index is 12.9. The Morgan fingerprint density at radius 1 is 1.20 bits per heavy atom. The predicted octanol–water partition coefficient (Wildman–Crippen LogP) is 0.615. The molecule has 0 spiro atoms. The van der Waals surface area contributed by atoms with Gasteiger partial charge in [0.05, 0.1) is 12.9 Å². The van der Waals surface area contributed by atoms with Crippen molar-refractivity contribution in [2.24, 2.45) is 0 Å². The first-order valence-corrected chi connectivity index (χ1v) is 10.9. The molecule has 0 radical (unpaired) electrons. The minimum Gasteiger partial charge on any atom is -0.466 e. The van der Waals surface area contributed by atoms with Crippen LogP contribution in [0.15, 0.2) is 32.2 Å². The van der Waals surface area contributed by atoms with Crippen molar-refractivity contribution in [3.8, 4) is 0 Å². The molecule has 1 N–H and O–H groups in total. The molecule has 2 aliphatic heterocycles. The zero-order chi connectivity index (χ0) is 21.7. The van der Waals surface area contributed by atoms with Crippen LogP contribution < -0.4 is 5.32 Å². The van der Waals surface area contributed by atoms with Crippen molar-refractivity contribution >= 4 is 22.0 Å². The van der Waals surface area contributed by atoms with Crippen LogP contribution in [0.1, 0.15) is 24.1 Å². The van der Waals surface area contributed by atoms with Gasteiger partial charge in [-0.25, -0.2) is 18.1 Å². The van der Waals surface area contributed by atoms with E-state index < -0.39 is 27.5 Å². The molecule has 0 aliphatic carbocycles. The van der Waals surface area contributed by atoms with Gasteiger partial charge in [0, 0.05) is 26.2 Å². The third-order valence-electron chi connectivity index (χ3n) is 5.53. The van der Waals surface area contributed by atoms with Crippen LogP contribution in [0.25, 0.3) is 0 Å². The number of sulfonamides is 1. The van der Waals surface area contributed by atoms with Gasteiger partial charge in [-0.3, -0.25) is 9.69 Å². The molecule has 2 aromatic rings. The Morgan fingerprint density at radius 2 is 1.90 bits per heavy atom. The van der Waals surface area contributed by atoms with Crippen molar-refractivity contribution in [3.05, 3.63) is 35.6 Å². The second-order valence-electron chi connectivity index (χ2n) is 7.58. The van der Waals surface area contributed by atoms with Crippen molar-refractivity contribution in [2.75, 3.05) is 32.8 Å². The fourth-order valence-corrected chi connectivity index (χ4v) is 5.55. The highest BCUT2D eigenvalue weighted by atomic mass is 32.2. The first-order valence-electron chi connectivity index (χ1n) is 9.48. The monoisotopic (exact) mass is 437 g/mol. The molecule has 4 heterocycles. The summed E-state index contributed by atoms with van der Waals surface area (Å²) >= 11 is 0. The number of aryl methyl sites for hydroxylation is 2. The van der Waals surface area contributed by atoms with Crippen LogP contribution in [0.2, 0.25) is 0 Å². The summed E-state index contributed by atoms with van der Waals surface area (Å²) in [6.45, 7) is 6.02. The average molecular weight is 437 g/mol. The second-order valence-corrected chi connectivity index (χ2v) is 9.46. The maximum Gasteiger partial charge on any atom is 0.326 e. The predicted molar refractivity (Wildman–Crippen MR) is 103 cm³/mol. The Hall–Kier alpha value is -2.70. The number of urea groups is 1. The number of nitrogens with zero attached hydrogens (tertiary/aromatic N) is 4. The average Bonchev–Trinajstić information content (AvgIpc) is 3.40. The molecule has 0 unspecified atom stereocenters. The van der Waals surface area contributed by atoms with Gasteiger partial charge in [0.1, 0.15) is 16.3 Å². The Morgan fingerprint density at radius 3 is 2.47 bits per heavy atom. The number of piperazine rings is 1. The summed E-state index contributed by atoms with van der Waals surface area (Å²) in [5, 5.41) is 6.40. The Labute approximate surface area is 173 Å². The summed E-state index contributed by atoms with van der Waals surface area (Å²) in [5.41, 5.74) is -0.929. The van der Waals surface area contributed by atoms with Gasteiger partial charge in [-0.15, -0.1) is 0 Å². The molecule has 2 fully saturated rings. The lowest BCUT2D eigenvalue weighted by molar-refractivity contribution is -0.133. The van der Waals surface area contributed by atoms with Gasteiger partial charge >= 0.3 is 6.03 Å². The molecule has 30 heavy (non-hydrogen) atoms. The minimum atomic E-state index is -3.72. The van der Waals surface area contributed by atoms with Crippen molar-refractivity contribution in [1.29, 1.82) is 0 Å². The SMILES string of the molecule is Cc1noc(C)c1S(=O)(=O)N1CCN(CN2C(=O)N[C@](C)(c3ccco3)C2=O)CC1. The standard InChI is InChI=1S/C18H23N5O6S/c1-12-15(13(2)29-20-12)30(26,27)22-8-6-21(7-9-22)11-23-16(24)18(3,19-17(23)25)14-5-4-10-28-14/h4-5,10H,6-9,11H2,1-3H3,(H,19,25)/t18-/m1/s1. The fourth-order valence-electron chi connectivity index (χ4n) is 3.84. The summed E-state index contributed by atoms with van der Waals surface area (Å²) < 4.78 is 37.5. The first kappa shape index (κ1) is 20.6. The van der Waals surface area contributed by atoms with E-state index >= 15 is 0 Å². The van der Waals surface area contributed by atoms with E-state index in [4.69, 9.17) is 8.94 Å². The van der Waals surface area contributed by atoms with Crippen LogP contribution in [0.3, 0.4) is 0 Å². The van der Waals surface area contributed by atoms with Gasteiger partial charge in [0.25, 0.3) is 5.91 Å². The first-order chi connectivity index (χ1) is 14.1. The number of carbonyl (C=O) groups excluding carboxylic acids is 2. The van der Waals surface area contributed by atoms with Gasteiger partial charge in [-0.1, -0.05) is 5.16 Å². The largest absolute Gasteiger partial charge is 0.466 e. The van der Waals surface area contributed by atoms with Crippen molar-refractivity contribution < 1.29 is 26.9 Å². The van der Waals surface area contributed by atoms with E-state index in [1.807, 2.05) is 4.90 Å². The van der Waals surface area contributed by atoms with Gasteiger partial charge < -0.3 is 14.3 Å². The zero-order valence-corrected chi connectivity index (χ0v) is 17.7. The highest BCUT2D eigenvalue weighted by Crippen LogP contribution is 2.29. The summed E-state index contributed by atoms with van der Waals surface area (Å²) in [7, 11) is -3.72. The molecule has 3 amide bonds. The normalized spacial score (nSPS) is 23.9. The third-order valence-corrected chi connectivity index (χ3v) is 7.67. The topological polar surface area (TPSA) is 129 Å². The molecule has 4 rings (SSSR count). The van der Waals surface area contributed by atoms with Crippen LogP contribution >= 0.6 is 0 Å². The number of aromatic nitrogens is 1. The third kappa shape index (κ3) is 3.20.